The summed E-state index contributed by atoms with van der Waals surface area (Å²) in [6.07, 6.45) is 1.64. The van der Waals surface area contributed by atoms with Crippen molar-refractivity contribution in [2.24, 2.45) is 0 Å². The maximum atomic E-state index is 13.4. The lowest BCUT2D eigenvalue weighted by Gasteiger charge is -2.19. The number of fused-ring (bicyclic) bond motifs is 1. The predicted molar refractivity (Wildman–Crippen MR) is 138 cm³/mol. The number of carboxylic acids is 1. The summed E-state index contributed by atoms with van der Waals surface area (Å²) in [6, 6.07) is 20.3. The number of nitrogens with zero attached hydrogens (tertiary/aromatic N) is 3. The molecule has 0 saturated heterocycles. The molecule has 2 N–H and O–H groups in total. The number of para-hydroxylation sites is 1. The number of carbonyl (C=O) groups is 2. The maximum absolute atomic E-state index is 13.4. The second-order valence-corrected chi connectivity index (χ2v) is 9.06. The van der Waals surface area contributed by atoms with Gasteiger partial charge in [0.05, 0.1) is 22.2 Å². The molecule has 0 aliphatic carbocycles. The van der Waals surface area contributed by atoms with Crippen LogP contribution in [0.1, 0.15) is 26.4 Å². The van der Waals surface area contributed by atoms with Crippen LogP contribution in [0.25, 0.3) is 27.0 Å². The van der Waals surface area contributed by atoms with Gasteiger partial charge in [0.2, 0.25) is 0 Å². The van der Waals surface area contributed by atoms with Gasteiger partial charge in [0.25, 0.3) is 5.91 Å². The quantitative estimate of drug-likeness (QED) is 0.335. The van der Waals surface area contributed by atoms with Gasteiger partial charge in [-0.05, 0) is 59.6 Å². The molecule has 0 bridgehead atoms. The van der Waals surface area contributed by atoms with Gasteiger partial charge >= 0.3 is 5.97 Å². The first-order valence-corrected chi connectivity index (χ1v) is 11.9. The van der Waals surface area contributed by atoms with Crippen molar-refractivity contribution in [2.45, 2.75) is 6.54 Å². The summed E-state index contributed by atoms with van der Waals surface area (Å²) in [4.78, 5) is 39.6. The smallest absolute Gasteiger partial charge is 0.353 e. The molecule has 0 aliphatic rings. The van der Waals surface area contributed by atoms with E-state index >= 15 is 0 Å². The number of aromatic carboxylic acids is 1. The Morgan fingerprint density at radius 1 is 1.03 bits per heavy atom. The molecule has 2 aromatic heterocycles. The van der Waals surface area contributed by atoms with Crippen LogP contribution in [-0.4, -0.2) is 31.1 Å². The van der Waals surface area contributed by atoms with E-state index in [1.54, 1.807) is 79.0 Å². The number of amides is 1. The van der Waals surface area contributed by atoms with Crippen molar-refractivity contribution in [3.05, 3.63) is 111 Å². The van der Waals surface area contributed by atoms with E-state index in [1.807, 2.05) is 0 Å². The molecule has 0 spiro atoms. The highest BCUT2D eigenvalue weighted by Crippen LogP contribution is 2.25. The number of nitrogens with one attached hydrogen (secondary N) is 1. The second-order valence-electron chi connectivity index (χ2n) is 7.84. The van der Waals surface area contributed by atoms with Crippen molar-refractivity contribution in [3.8, 4) is 16.1 Å². The summed E-state index contributed by atoms with van der Waals surface area (Å²) in [5.74, 6) is -1.74. The zero-order chi connectivity index (χ0) is 25.2. The van der Waals surface area contributed by atoms with Gasteiger partial charge in [-0.3, -0.25) is 9.59 Å². The summed E-state index contributed by atoms with van der Waals surface area (Å²) >= 11 is 7.43. The van der Waals surface area contributed by atoms with Gasteiger partial charge in [0, 0.05) is 28.2 Å². The lowest BCUT2D eigenvalue weighted by molar-refractivity contribution is 0.0685. The van der Waals surface area contributed by atoms with E-state index in [0.29, 0.717) is 27.2 Å². The third-order valence-corrected chi connectivity index (χ3v) is 6.61. The topological polar surface area (TPSA) is 114 Å². The van der Waals surface area contributed by atoms with Gasteiger partial charge < -0.3 is 15.0 Å². The first-order chi connectivity index (χ1) is 17.4. The Morgan fingerprint density at radius 2 is 1.78 bits per heavy atom. The molecule has 0 radical (unpaired) electrons. The van der Waals surface area contributed by atoms with E-state index in [-0.39, 0.29) is 17.8 Å². The first-order valence-electron chi connectivity index (χ1n) is 10.8. The molecule has 0 fully saturated rings. The summed E-state index contributed by atoms with van der Waals surface area (Å²) in [7, 11) is 0. The van der Waals surface area contributed by atoms with E-state index in [1.165, 1.54) is 16.1 Å². The Balaban J connectivity index is 1.55. The standard InChI is InChI=1S/C26H17ClN4O4S/c27-17-10-11-19-21(12-17)31(18-4-2-1-3-5-18)23(26(34)35)20(24(19)32)13-28-25(33)16-8-6-15(7-9-16)22-14-29-30-36-22/h1-12,14H,13H2,(H,28,33)(H,34,35). The number of hydrogen-bond donors (Lipinski definition) is 2. The monoisotopic (exact) mass is 516 g/mol. The van der Waals surface area contributed by atoms with Gasteiger partial charge in [0.1, 0.15) is 5.69 Å². The van der Waals surface area contributed by atoms with Crippen molar-refractivity contribution < 1.29 is 14.7 Å². The van der Waals surface area contributed by atoms with Crippen LogP contribution in [0.4, 0.5) is 0 Å². The van der Waals surface area contributed by atoms with Crippen molar-refractivity contribution >= 4 is 45.9 Å². The van der Waals surface area contributed by atoms with E-state index in [4.69, 9.17) is 11.6 Å². The zero-order valence-electron chi connectivity index (χ0n) is 18.5. The van der Waals surface area contributed by atoms with Crippen molar-refractivity contribution in [1.82, 2.24) is 19.5 Å². The summed E-state index contributed by atoms with van der Waals surface area (Å²) in [5, 5.41) is 17.3. The van der Waals surface area contributed by atoms with Crippen LogP contribution in [-0.2, 0) is 6.54 Å². The molecule has 178 valence electrons. The Kier molecular flexibility index (Phi) is 6.32. The lowest BCUT2D eigenvalue weighted by atomic mass is 10.1. The Hall–Kier alpha value is -4.34. The van der Waals surface area contributed by atoms with E-state index < -0.39 is 17.3 Å². The minimum atomic E-state index is -1.30. The molecule has 10 heteroatoms. The highest BCUT2D eigenvalue weighted by atomic mass is 35.5. The number of carbonyl (C=O) groups excluding carboxylic acids is 1. The lowest BCUT2D eigenvalue weighted by Crippen LogP contribution is -2.30. The zero-order valence-corrected chi connectivity index (χ0v) is 20.1. The third-order valence-electron chi connectivity index (χ3n) is 5.66. The molecule has 3 aromatic carbocycles. The van der Waals surface area contributed by atoms with Crippen LogP contribution in [0.2, 0.25) is 5.02 Å². The highest BCUT2D eigenvalue weighted by molar-refractivity contribution is 7.09. The largest absolute Gasteiger partial charge is 0.477 e. The molecule has 5 rings (SSSR count). The maximum Gasteiger partial charge on any atom is 0.353 e. The molecule has 1 amide bonds. The number of carboxylic acid groups (broad SMARTS) is 1. The number of halogens is 1. The second kappa shape index (κ2) is 9.73. The van der Waals surface area contributed by atoms with Gasteiger partial charge in [0.15, 0.2) is 5.43 Å². The molecule has 2 heterocycles. The third kappa shape index (κ3) is 4.37. The van der Waals surface area contributed by atoms with Crippen LogP contribution in [0.5, 0.6) is 0 Å². The van der Waals surface area contributed by atoms with Crippen LogP contribution in [0.15, 0.2) is 83.8 Å². The fourth-order valence-corrected chi connectivity index (χ4v) is 4.68. The van der Waals surface area contributed by atoms with Gasteiger partial charge in [-0.2, -0.15) is 0 Å². The van der Waals surface area contributed by atoms with Crippen LogP contribution < -0.4 is 10.7 Å². The average Bonchev–Trinajstić information content (AvgIpc) is 3.43. The van der Waals surface area contributed by atoms with E-state index in [2.05, 4.69) is 14.9 Å². The number of hydrogen-bond acceptors (Lipinski definition) is 6. The molecule has 36 heavy (non-hydrogen) atoms. The van der Waals surface area contributed by atoms with Crippen molar-refractivity contribution in [2.75, 3.05) is 0 Å². The Bertz CT molecular complexity index is 1650. The van der Waals surface area contributed by atoms with Crippen molar-refractivity contribution in [3.63, 3.8) is 0 Å². The van der Waals surface area contributed by atoms with Crippen molar-refractivity contribution in [1.29, 1.82) is 0 Å². The van der Waals surface area contributed by atoms with Crippen LogP contribution in [0, 0.1) is 0 Å². The predicted octanol–water partition coefficient (Wildman–Crippen LogP) is 4.79. The summed E-state index contributed by atoms with van der Waals surface area (Å²) in [5.41, 5.74) is 1.37. The fraction of sp³-hybridized carbons (Fsp3) is 0.0385. The molecular weight excluding hydrogens is 500 g/mol. The fourth-order valence-electron chi connectivity index (χ4n) is 3.99. The molecule has 8 nitrogen and oxygen atoms in total. The molecule has 0 saturated carbocycles. The Morgan fingerprint density at radius 3 is 2.44 bits per heavy atom. The summed E-state index contributed by atoms with van der Waals surface area (Å²) < 4.78 is 5.31. The number of benzene rings is 3. The molecule has 0 unspecified atom stereocenters. The molecular formula is C26H17ClN4O4S. The average molecular weight is 517 g/mol. The van der Waals surface area contributed by atoms with Gasteiger partial charge in [-0.1, -0.05) is 46.4 Å². The van der Waals surface area contributed by atoms with Crippen LogP contribution in [0.3, 0.4) is 0 Å². The highest BCUT2D eigenvalue weighted by Gasteiger charge is 2.24. The number of pyridine rings is 1. The normalized spacial score (nSPS) is 10.9. The van der Waals surface area contributed by atoms with E-state index in [0.717, 1.165) is 10.4 Å². The first kappa shape index (κ1) is 23.4. The van der Waals surface area contributed by atoms with Gasteiger partial charge in [-0.15, -0.1) is 5.10 Å². The minimum Gasteiger partial charge on any atom is -0.477 e. The Labute approximate surface area is 213 Å². The van der Waals surface area contributed by atoms with Gasteiger partial charge in [-0.25, -0.2) is 4.79 Å². The number of rotatable bonds is 6. The minimum absolute atomic E-state index is 0.0399. The molecule has 0 aliphatic heterocycles. The van der Waals surface area contributed by atoms with Crippen LogP contribution >= 0.6 is 23.1 Å². The number of aromatic nitrogens is 3. The summed E-state index contributed by atoms with van der Waals surface area (Å²) in [6.45, 7) is -0.273. The SMILES string of the molecule is O=C(NCc1c(C(=O)O)n(-c2ccccc2)c2cc(Cl)ccc2c1=O)c1ccc(-c2cnns2)cc1. The van der Waals surface area contributed by atoms with E-state index in [9.17, 15) is 19.5 Å². The molecule has 0 atom stereocenters. The molecule has 5 aromatic rings.